The minimum atomic E-state index is -0.0377. The summed E-state index contributed by atoms with van der Waals surface area (Å²) < 4.78 is 1.99. The minimum absolute atomic E-state index is 0.0377. The van der Waals surface area contributed by atoms with Gasteiger partial charge < -0.3 is 9.47 Å². The fourth-order valence-electron chi connectivity index (χ4n) is 2.12. The van der Waals surface area contributed by atoms with Crippen LogP contribution in [0.25, 0.3) is 0 Å². The molecule has 0 saturated heterocycles. The summed E-state index contributed by atoms with van der Waals surface area (Å²) in [5, 5.41) is 5.74. The van der Waals surface area contributed by atoms with Gasteiger partial charge in [0.2, 0.25) is 0 Å². The van der Waals surface area contributed by atoms with Crippen molar-refractivity contribution in [1.29, 1.82) is 0 Å². The standard InChI is InChI=1S/C12H14N4OS/c1-15-8-13-9-4-5-16(7-10(9)15)12(17)14-11-3-2-6-18-11/h2-3,6,8H,4-5,7H2,1H3,(H,14,17). The van der Waals surface area contributed by atoms with Gasteiger partial charge in [0.05, 0.1) is 29.3 Å². The van der Waals surface area contributed by atoms with Crippen LogP contribution in [0, 0.1) is 0 Å². The zero-order valence-electron chi connectivity index (χ0n) is 10.1. The number of nitrogens with one attached hydrogen (secondary N) is 1. The molecule has 2 aromatic rings. The van der Waals surface area contributed by atoms with E-state index in [2.05, 4.69) is 10.3 Å². The SMILES string of the molecule is Cn1cnc2c1CN(C(=O)Nc1cccs1)CC2. The van der Waals surface area contributed by atoms with E-state index in [1.807, 2.05) is 40.4 Å². The predicted octanol–water partition coefficient (Wildman–Crippen LogP) is 2.07. The summed E-state index contributed by atoms with van der Waals surface area (Å²) in [6, 6.07) is 3.79. The van der Waals surface area contributed by atoms with E-state index in [9.17, 15) is 4.79 Å². The molecule has 0 atom stereocenters. The highest BCUT2D eigenvalue weighted by molar-refractivity contribution is 7.14. The van der Waals surface area contributed by atoms with E-state index in [4.69, 9.17) is 0 Å². The number of thiophene rings is 1. The van der Waals surface area contributed by atoms with E-state index in [1.54, 1.807) is 0 Å². The van der Waals surface area contributed by atoms with E-state index in [0.29, 0.717) is 6.54 Å². The highest BCUT2D eigenvalue weighted by Gasteiger charge is 2.23. The zero-order chi connectivity index (χ0) is 12.5. The number of carbonyl (C=O) groups excluding carboxylic acids is 1. The second-order valence-electron chi connectivity index (χ2n) is 4.33. The molecule has 94 valence electrons. The van der Waals surface area contributed by atoms with Crippen molar-refractivity contribution in [2.75, 3.05) is 11.9 Å². The Labute approximate surface area is 109 Å². The van der Waals surface area contributed by atoms with Gasteiger partial charge in [-0.3, -0.25) is 5.32 Å². The molecule has 5 nitrogen and oxygen atoms in total. The molecule has 0 aliphatic carbocycles. The van der Waals surface area contributed by atoms with Crippen LogP contribution in [-0.4, -0.2) is 27.0 Å². The third kappa shape index (κ3) is 1.99. The molecule has 3 rings (SSSR count). The number of hydrogen-bond donors (Lipinski definition) is 1. The van der Waals surface area contributed by atoms with Gasteiger partial charge in [0, 0.05) is 20.0 Å². The molecule has 6 heteroatoms. The van der Waals surface area contributed by atoms with Crippen molar-refractivity contribution in [2.24, 2.45) is 7.05 Å². The Morgan fingerprint density at radius 2 is 2.44 bits per heavy atom. The average molecular weight is 262 g/mol. The summed E-state index contributed by atoms with van der Waals surface area (Å²) in [5.74, 6) is 0. The van der Waals surface area contributed by atoms with Crippen LogP contribution < -0.4 is 5.32 Å². The molecule has 0 saturated carbocycles. The lowest BCUT2D eigenvalue weighted by atomic mass is 10.1. The van der Waals surface area contributed by atoms with Crippen LogP contribution in [0.15, 0.2) is 23.8 Å². The van der Waals surface area contributed by atoms with Crippen LogP contribution in [0.1, 0.15) is 11.4 Å². The fourth-order valence-corrected chi connectivity index (χ4v) is 2.73. The molecule has 1 N–H and O–H groups in total. The highest BCUT2D eigenvalue weighted by Crippen LogP contribution is 2.20. The number of urea groups is 1. The Hall–Kier alpha value is -1.82. The van der Waals surface area contributed by atoms with E-state index < -0.39 is 0 Å². The van der Waals surface area contributed by atoms with Crippen LogP contribution >= 0.6 is 11.3 Å². The first-order chi connectivity index (χ1) is 8.74. The van der Waals surface area contributed by atoms with Crippen molar-refractivity contribution < 1.29 is 4.79 Å². The monoisotopic (exact) mass is 262 g/mol. The molecule has 0 bridgehead atoms. The Balaban J connectivity index is 1.72. The first-order valence-electron chi connectivity index (χ1n) is 5.82. The predicted molar refractivity (Wildman–Crippen MR) is 70.7 cm³/mol. The van der Waals surface area contributed by atoms with E-state index in [1.165, 1.54) is 11.3 Å². The minimum Gasteiger partial charge on any atom is -0.336 e. The lowest BCUT2D eigenvalue weighted by Gasteiger charge is -2.27. The number of anilines is 1. The summed E-state index contributed by atoms with van der Waals surface area (Å²) in [5.41, 5.74) is 2.24. The second-order valence-corrected chi connectivity index (χ2v) is 5.28. The first-order valence-corrected chi connectivity index (χ1v) is 6.70. The number of hydrogen-bond acceptors (Lipinski definition) is 3. The molecule has 0 fully saturated rings. The number of aromatic nitrogens is 2. The van der Waals surface area contributed by atoms with Gasteiger partial charge in [0.25, 0.3) is 0 Å². The van der Waals surface area contributed by atoms with E-state index in [-0.39, 0.29) is 6.03 Å². The maximum absolute atomic E-state index is 12.1. The Morgan fingerprint density at radius 3 is 3.22 bits per heavy atom. The third-order valence-electron chi connectivity index (χ3n) is 3.14. The number of carbonyl (C=O) groups is 1. The Morgan fingerprint density at radius 1 is 1.56 bits per heavy atom. The van der Waals surface area contributed by atoms with Crippen LogP contribution in [0.3, 0.4) is 0 Å². The molecule has 0 spiro atoms. The zero-order valence-corrected chi connectivity index (χ0v) is 10.9. The normalized spacial score (nSPS) is 14.4. The molecule has 0 unspecified atom stereocenters. The van der Waals surface area contributed by atoms with Crippen molar-refractivity contribution in [1.82, 2.24) is 14.5 Å². The number of rotatable bonds is 1. The van der Waals surface area contributed by atoms with Crippen LogP contribution in [0.2, 0.25) is 0 Å². The fraction of sp³-hybridized carbons (Fsp3) is 0.333. The van der Waals surface area contributed by atoms with Gasteiger partial charge in [-0.05, 0) is 17.5 Å². The molecule has 1 aliphatic heterocycles. The second kappa shape index (κ2) is 4.45. The van der Waals surface area contributed by atoms with Crippen LogP contribution in [0.5, 0.6) is 0 Å². The van der Waals surface area contributed by atoms with Crippen LogP contribution in [0.4, 0.5) is 9.80 Å². The van der Waals surface area contributed by atoms with Gasteiger partial charge in [0.1, 0.15) is 0 Å². The topological polar surface area (TPSA) is 50.2 Å². The summed E-state index contributed by atoms with van der Waals surface area (Å²) in [6.07, 6.45) is 2.64. The number of fused-ring (bicyclic) bond motifs is 1. The number of imidazole rings is 1. The van der Waals surface area contributed by atoms with Crippen molar-refractivity contribution in [3.8, 4) is 0 Å². The van der Waals surface area contributed by atoms with Crippen molar-refractivity contribution in [3.63, 3.8) is 0 Å². The summed E-state index contributed by atoms with van der Waals surface area (Å²) in [6.45, 7) is 1.35. The smallest absolute Gasteiger partial charge is 0.322 e. The summed E-state index contributed by atoms with van der Waals surface area (Å²) >= 11 is 1.53. The largest absolute Gasteiger partial charge is 0.336 e. The van der Waals surface area contributed by atoms with E-state index in [0.717, 1.165) is 29.4 Å². The van der Waals surface area contributed by atoms with Gasteiger partial charge >= 0.3 is 6.03 Å². The molecule has 2 amide bonds. The highest BCUT2D eigenvalue weighted by atomic mass is 32.1. The molecular weight excluding hydrogens is 248 g/mol. The van der Waals surface area contributed by atoms with Gasteiger partial charge in [-0.15, -0.1) is 11.3 Å². The van der Waals surface area contributed by atoms with Crippen molar-refractivity contribution in [3.05, 3.63) is 35.2 Å². The van der Waals surface area contributed by atoms with Crippen molar-refractivity contribution >= 4 is 22.4 Å². The summed E-state index contributed by atoms with van der Waals surface area (Å²) in [7, 11) is 1.96. The number of aryl methyl sites for hydroxylation is 1. The van der Waals surface area contributed by atoms with Gasteiger partial charge in [0.15, 0.2) is 0 Å². The van der Waals surface area contributed by atoms with Gasteiger partial charge in [-0.1, -0.05) is 0 Å². The van der Waals surface area contributed by atoms with Gasteiger partial charge in [-0.25, -0.2) is 9.78 Å². The van der Waals surface area contributed by atoms with Crippen molar-refractivity contribution in [2.45, 2.75) is 13.0 Å². The lowest BCUT2D eigenvalue weighted by Crippen LogP contribution is -2.39. The molecular formula is C12H14N4OS. The molecule has 3 heterocycles. The summed E-state index contributed by atoms with van der Waals surface area (Å²) in [4.78, 5) is 18.3. The quantitative estimate of drug-likeness (QED) is 0.855. The van der Waals surface area contributed by atoms with Gasteiger partial charge in [-0.2, -0.15) is 0 Å². The molecule has 0 aromatic carbocycles. The van der Waals surface area contributed by atoms with E-state index >= 15 is 0 Å². The Kier molecular flexibility index (Phi) is 2.79. The average Bonchev–Trinajstić information content (AvgIpc) is 3.00. The lowest BCUT2D eigenvalue weighted by molar-refractivity contribution is 0.204. The molecule has 2 aromatic heterocycles. The van der Waals surface area contributed by atoms with Crippen LogP contribution in [-0.2, 0) is 20.0 Å². The maximum Gasteiger partial charge on any atom is 0.322 e. The number of nitrogens with zero attached hydrogens (tertiary/aromatic N) is 3. The first kappa shape index (κ1) is 11.3. The molecule has 0 radical (unpaired) electrons. The molecule has 1 aliphatic rings. The maximum atomic E-state index is 12.1. The molecule has 18 heavy (non-hydrogen) atoms. The third-order valence-corrected chi connectivity index (χ3v) is 3.93. The Bertz CT molecular complexity index is 561. The number of amides is 2.